The molecule has 1 spiro atoms. The first-order valence-corrected chi connectivity index (χ1v) is 8.82. The van der Waals surface area contributed by atoms with Gasteiger partial charge < -0.3 is 14.6 Å². The second kappa shape index (κ2) is 7.26. The van der Waals surface area contributed by atoms with Gasteiger partial charge in [0.1, 0.15) is 12.2 Å². The van der Waals surface area contributed by atoms with Crippen LogP contribution in [0.15, 0.2) is 12.2 Å². The molecule has 2 aliphatic rings. The molecule has 5 nitrogen and oxygen atoms in total. The average molecular weight is 338 g/mol. The van der Waals surface area contributed by atoms with Gasteiger partial charge in [-0.25, -0.2) is 0 Å². The van der Waals surface area contributed by atoms with E-state index in [2.05, 4.69) is 20.4 Å². The number of ether oxygens (including phenoxy) is 2. The van der Waals surface area contributed by atoms with Gasteiger partial charge in [0.2, 0.25) is 0 Å². The largest absolute Gasteiger partial charge is 0.459 e. The van der Waals surface area contributed by atoms with E-state index in [0.717, 1.165) is 19.3 Å². The molecule has 2 saturated carbocycles. The Labute approximate surface area is 144 Å². The van der Waals surface area contributed by atoms with E-state index in [-0.39, 0.29) is 35.8 Å². The smallest absolute Gasteiger partial charge is 0.303 e. The molecule has 0 aromatic carbocycles. The number of esters is 2. The highest BCUT2D eigenvalue weighted by molar-refractivity contribution is 5.67. The molecule has 0 aromatic rings. The Kier molecular flexibility index (Phi) is 5.74. The van der Waals surface area contributed by atoms with Gasteiger partial charge in [-0.05, 0) is 49.9 Å². The summed E-state index contributed by atoms with van der Waals surface area (Å²) in [6.07, 6.45) is 2.54. The Morgan fingerprint density at radius 1 is 1.21 bits per heavy atom. The zero-order chi connectivity index (χ0) is 18.1. The van der Waals surface area contributed by atoms with E-state index < -0.39 is 12.2 Å². The van der Waals surface area contributed by atoms with E-state index in [1.54, 1.807) is 0 Å². The fourth-order valence-corrected chi connectivity index (χ4v) is 4.94. The molecule has 2 rings (SSSR count). The van der Waals surface area contributed by atoms with Crippen molar-refractivity contribution in [3.05, 3.63) is 12.2 Å². The van der Waals surface area contributed by atoms with Crippen LogP contribution in [0, 0.1) is 23.2 Å². The molecule has 136 valence electrons. The van der Waals surface area contributed by atoms with Gasteiger partial charge >= 0.3 is 11.9 Å². The van der Waals surface area contributed by atoms with Crippen molar-refractivity contribution >= 4 is 11.9 Å². The summed E-state index contributed by atoms with van der Waals surface area (Å²) in [5, 5.41) is 10.0. The fourth-order valence-electron chi connectivity index (χ4n) is 4.94. The maximum absolute atomic E-state index is 11.6. The Morgan fingerprint density at radius 2 is 1.83 bits per heavy atom. The van der Waals surface area contributed by atoms with E-state index in [4.69, 9.17) is 9.47 Å². The number of carbonyl (C=O) groups is 2. The van der Waals surface area contributed by atoms with Crippen LogP contribution in [-0.2, 0) is 19.1 Å². The molecule has 5 heteroatoms. The molecule has 0 unspecified atom stereocenters. The lowest BCUT2D eigenvalue weighted by Crippen LogP contribution is -2.55. The zero-order valence-electron chi connectivity index (χ0n) is 15.2. The number of hydrogen-bond acceptors (Lipinski definition) is 5. The first kappa shape index (κ1) is 19.0. The lowest BCUT2D eigenvalue weighted by atomic mass is 9.57. The minimum absolute atomic E-state index is 0.0148. The molecule has 2 aliphatic carbocycles. The molecule has 0 aliphatic heterocycles. The number of allylic oxidation sites excluding steroid dienone is 1. The van der Waals surface area contributed by atoms with Gasteiger partial charge in [0, 0.05) is 26.4 Å². The van der Waals surface area contributed by atoms with Crippen LogP contribution in [0.2, 0.25) is 0 Å². The number of rotatable bonds is 4. The van der Waals surface area contributed by atoms with Crippen LogP contribution >= 0.6 is 0 Å². The van der Waals surface area contributed by atoms with Crippen molar-refractivity contribution in [2.75, 3.05) is 6.61 Å². The topological polar surface area (TPSA) is 72.8 Å². The summed E-state index contributed by atoms with van der Waals surface area (Å²) in [7, 11) is 0. The SMILES string of the molecule is C=C(C)[C@@H]1CC[C@]2(C1)[C@@H](CO)C[C@@H](OC(C)=O)[C@H](OC(C)=O)[C@H]2C. The van der Waals surface area contributed by atoms with E-state index in [9.17, 15) is 14.7 Å². The Morgan fingerprint density at radius 3 is 2.29 bits per heavy atom. The predicted octanol–water partition coefficient (Wildman–Crippen LogP) is 2.86. The summed E-state index contributed by atoms with van der Waals surface area (Å²) in [5.74, 6) is -0.266. The van der Waals surface area contributed by atoms with E-state index in [1.165, 1.54) is 19.4 Å². The normalized spacial score (nSPS) is 38.8. The Balaban J connectivity index is 2.33. The van der Waals surface area contributed by atoms with E-state index in [0.29, 0.717) is 12.3 Å². The van der Waals surface area contributed by atoms with Gasteiger partial charge in [0.25, 0.3) is 0 Å². The van der Waals surface area contributed by atoms with E-state index in [1.807, 2.05) is 0 Å². The second-order valence-corrected chi connectivity index (χ2v) is 7.65. The van der Waals surface area contributed by atoms with Crippen molar-refractivity contribution in [1.29, 1.82) is 0 Å². The van der Waals surface area contributed by atoms with Crippen molar-refractivity contribution in [2.24, 2.45) is 23.2 Å². The molecular formula is C19H30O5. The summed E-state index contributed by atoms with van der Waals surface area (Å²) in [5.41, 5.74) is 1.07. The Hall–Kier alpha value is -1.36. The fraction of sp³-hybridized carbons (Fsp3) is 0.789. The number of aliphatic hydroxyl groups is 1. The molecule has 1 N–H and O–H groups in total. The van der Waals surface area contributed by atoms with E-state index >= 15 is 0 Å². The molecule has 24 heavy (non-hydrogen) atoms. The summed E-state index contributed by atoms with van der Waals surface area (Å²) < 4.78 is 11.0. The molecule has 0 aromatic heterocycles. The minimum atomic E-state index is -0.493. The van der Waals surface area contributed by atoms with Crippen LogP contribution in [0.4, 0.5) is 0 Å². The van der Waals surface area contributed by atoms with Crippen LogP contribution in [0.25, 0.3) is 0 Å². The van der Waals surface area contributed by atoms with Gasteiger partial charge in [-0.2, -0.15) is 0 Å². The van der Waals surface area contributed by atoms with Crippen LogP contribution in [-0.4, -0.2) is 35.9 Å². The third kappa shape index (κ3) is 3.51. The third-order valence-electron chi connectivity index (χ3n) is 6.22. The summed E-state index contributed by atoms with van der Waals surface area (Å²) >= 11 is 0. The number of carbonyl (C=O) groups excluding carboxylic acids is 2. The molecule has 0 radical (unpaired) electrons. The molecule has 0 bridgehead atoms. The molecule has 2 fully saturated rings. The van der Waals surface area contributed by atoms with Crippen molar-refractivity contribution in [3.63, 3.8) is 0 Å². The minimum Gasteiger partial charge on any atom is -0.459 e. The monoisotopic (exact) mass is 338 g/mol. The molecule has 6 atom stereocenters. The zero-order valence-corrected chi connectivity index (χ0v) is 15.2. The second-order valence-electron chi connectivity index (χ2n) is 7.65. The predicted molar refractivity (Wildman–Crippen MR) is 90.1 cm³/mol. The number of aliphatic hydroxyl groups excluding tert-OH is 1. The summed E-state index contributed by atoms with van der Waals surface area (Å²) in [6.45, 7) is 11.0. The highest BCUT2D eigenvalue weighted by Gasteiger charge is 2.57. The molecule has 0 saturated heterocycles. The van der Waals surface area contributed by atoms with Gasteiger partial charge in [0.15, 0.2) is 0 Å². The van der Waals surface area contributed by atoms with Crippen LogP contribution in [0.3, 0.4) is 0 Å². The first-order chi connectivity index (χ1) is 11.2. The summed E-state index contributed by atoms with van der Waals surface area (Å²) in [6, 6.07) is 0. The quantitative estimate of drug-likeness (QED) is 0.630. The van der Waals surface area contributed by atoms with Crippen molar-refractivity contribution < 1.29 is 24.2 Å². The maximum Gasteiger partial charge on any atom is 0.303 e. The third-order valence-corrected chi connectivity index (χ3v) is 6.22. The van der Waals surface area contributed by atoms with Crippen LogP contribution in [0.1, 0.15) is 53.4 Å². The lowest BCUT2D eigenvalue weighted by Gasteiger charge is -2.51. The molecular weight excluding hydrogens is 308 g/mol. The van der Waals surface area contributed by atoms with Gasteiger partial charge in [0.05, 0.1) is 0 Å². The first-order valence-electron chi connectivity index (χ1n) is 8.82. The van der Waals surface area contributed by atoms with Gasteiger partial charge in [-0.1, -0.05) is 19.1 Å². The summed E-state index contributed by atoms with van der Waals surface area (Å²) in [4.78, 5) is 23.1. The van der Waals surface area contributed by atoms with Crippen molar-refractivity contribution in [1.82, 2.24) is 0 Å². The average Bonchev–Trinajstić information content (AvgIpc) is 2.93. The highest BCUT2D eigenvalue weighted by Crippen LogP contribution is 2.59. The maximum atomic E-state index is 11.6. The highest BCUT2D eigenvalue weighted by atomic mass is 16.6. The van der Waals surface area contributed by atoms with Gasteiger partial charge in [-0.15, -0.1) is 0 Å². The van der Waals surface area contributed by atoms with Crippen LogP contribution < -0.4 is 0 Å². The van der Waals surface area contributed by atoms with Crippen molar-refractivity contribution in [2.45, 2.75) is 65.6 Å². The number of hydrogen-bond donors (Lipinski definition) is 1. The Bertz CT molecular complexity index is 514. The van der Waals surface area contributed by atoms with Crippen molar-refractivity contribution in [3.8, 4) is 0 Å². The molecule has 0 heterocycles. The molecule has 0 amide bonds. The van der Waals surface area contributed by atoms with Gasteiger partial charge in [-0.3, -0.25) is 9.59 Å². The standard InChI is InChI=1S/C19H30O5/c1-11(2)15-6-7-19(9-15)12(3)18(24-14(5)22)17(23-13(4)21)8-16(19)10-20/h12,15-18,20H,1,6-10H2,2-5H3/t12-,15-,16-,17-,18-,19-/m1/s1. The lowest BCUT2D eigenvalue weighted by molar-refractivity contribution is -0.193. The van der Waals surface area contributed by atoms with Crippen LogP contribution in [0.5, 0.6) is 0 Å².